The summed E-state index contributed by atoms with van der Waals surface area (Å²) >= 11 is 0. The fraction of sp³-hybridized carbons (Fsp3) is 0.355. The molecule has 0 fully saturated rings. The summed E-state index contributed by atoms with van der Waals surface area (Å²) in [5.74, 6) is 0.0987. The van der Waals surface area contributed by atoms with E-state index in [2.05, 4.69) is 5.32 Å². The summed E-state index contributed by atoms with van der Waals surface area (Å²) < 4.78 is 16.1. The zero-order chi connectivity index (χ0) is 27.5. The van der Waals surface area contributed by atoms with Gasteiger partial charge in [0, 0.05) is 18.7 Å². The molecule has 0 aromatic heterocycles. The summed E-state index contributed by atoms with van der Waals surface area (Å²) in [7, 11) is 1.61. The first-order valence-electron chi connectivity index (χ1n) is 12.8. The molecule has 202 valence electrons. The van der Waals surface area contributed by atoms with Crippen LogP contribution in [0, 0.1) is 0 Å². The molecule has 2 N–H and O–H groups in total. The minimum absolute atomic E-state index is 0.158. The molecule has 3 aromatic carbocycles. The summed E-state index contributed by atoms with van der Waals surface area (Å²) in [6.45, 7) is 6.72. The Hall–Kier alpha value is -3.68. The van der Waals surface area contributed by atoms with Gasteiger partial charge in [0.05, 0.1) is 32.2 Å². The number of esters is 2. The van der Waals surface area contributed by atoms with Crippen molar-refractivity contribution < 1.29 is 28.9 Å². The first-order valence-corrected chi connectivity index (χ1v) is 12.8. The van der Waals surface area contributed by atoms with E-state index >= 15 is 0 Å². The molecule has 0 spiro atoms. The molecule has 7 nitrogen and oxygen atoms in total. The van der Waals surface area contributed by atoms with Gasteiger partial charge >= 0.3 is 11.9 Å². The maximum Gasteiger partial charge on any atom is 0.310 e. The van der Waals surface area contributed by atoms with Gasteiger partial charge in [0.2, 0.25) is 0 Å². The number of carbonyl (C=O) groups excluding carboxylic acids is 2. The van der Waals surface area contributed by atoms with Crippen molar-refractivity contribution in [1.29, 1.82) is 0 Å². The molecule has 0 saturated heterocycles. The van der Waals surface area contributed by atoms with Crippen LogP contribution in [0.3, 0.4) is 0 Å². The number of carbonyl (C=O) groups is 2. The van der Waals surface area contributed by atoms with Gasteiger partial charge in [0.25, 0.3) is 0 Å². The third-order valence-corrected chi connectivity index (χ3v) is 6.08. The monoisotopic (exact) mass is 519 g/mol. The van der Waals surface area contributed by atoms with Gasteiger partial charge in [0.1, 0.15) is 12.4 Å². The zero-order valence-corrected chi connectivity index (χ0v) is 22.6. The molecule has 0 atom stereocenters. The average molecular weight is 520 g/mol. The van der Waals surface area contributed by atoms with Crippen molar-refractivity contribution in [2.24, 2.45) is 0 Å². The summed E-state index contributed by atoms with van der Waals surface area (Å²) in [5.41, 5.74) is 4.16. The van der Waals surface area contributed by atoms with E-state index < -0.39 is 5.60 Å². The lowest BCUT2D eigenvalue weighted by Gasteiger charge is -2.22. The average Bonchev–Trinajstić information content (AvgIpc) is 2.90. The highest BCUT2D eigenvalue weighted by molar-refractivity contribution is 5.78. The van der Waals surface area contributed by atoms with Gasteiger partial charge in [-0.15, -0.1) is 0 Å². The number of rotatable bonds is 13. The second kappa shape index (κ2) is 13.7. The van der Waals surface area contributed by atoms with Crippen molar-refractivity contribution in [3.05, 3.63) is 89.0 Å². The smallest absolute Gasteiger partial charge is 0.310 e. The first kappa shape index (κ1) is 28.9. The Bertz CT molecular complexity index is 1220. The van der Waals surface area contributed by atoms with Crippen molar-refractivity contribution in [2.45, 2.75) is 52.4 Å². The van der Waals surface area contributed by atoms with Crippen molar-refractivity contribution >= 4 is 11.9 Å². The Morgan fingerprint density at radius 1 is 0.895 bits per heavy atom. The van der Waals surface area contributed by atoms with E-state index in [0.717, 1.165) is 33.4 Å². The van der Waals surface area contributed by atoms with Crippen LogP contribution in [0.5, 0.6) is 5.75 Å². The molecule has 0 amide bonds. The lowest BCUT2D eigenvalue weighted by molar-refractivity contribution is -0.145. The molecule has 0 aliphatic carbocycles. The number of methoxy groups -OCH3 is 1. The second-order valence-corrected chi connectivity index (χ2v) is 9.52. The quantitative estimate of drug-likeness (QED) is 0.245. The highest BCUT2D eigenvalue weighted by Crippen LogP contribution is 2.35. The highest BCUT2D eigenvalue weighted by atomic mass is 16.5. The van der Waals surface area contributed by atoms with Crippen LogP contribution in [0.25, 0.3) is 11.1 Å². The second-order valence-electron chi connectivity index (χ2n) is 9.52. The van der Waals surface area contributed by atoms with Crippen molar-refractivity contribution in [2.75, 3.05) is 20.3 Å². The minimum atomic E-state index is -1.02. The standard InChI is InChI=1S/C31H37NO6/c1-5-37-30(34)18-23-11-14-28(36-4)27(17-23)26-13-12-25(31(2,3)35)19-24(26)20-32-16-15-29(33)38-21-22-9-7-6-8-10-22/h6-14,17,19,32,35H,5,15-16,18,20-21H2,1-4H3. The number of ether oxygens (including phenoxy) is 3. The van der Waals surface area contributed by atoms with Crippen molar-refractivity contribution in [3.63, 3.8) is 0 Å². The predicted octanol–water partition coefficient (Wildman–Crippen LogP) is 4.92. The molecule has 0 aliphatic rings. The van der Waals surface area contributed by atoms with Crippen LogP contribution < -0.4 is 10.1 Å². The molecule has 0 saturated carbocycles. The Kier molecular flexibility index (Phi) is 10.4. The lowest BCUT2D eigenvalue weighted by Crippen LogP contribution is -2.21. The maximum absolute atomic E-state index is 12.2. The highest BCUT2D eigenvalue weighted by Gasteiger charge is 2.20. The number of aliphatic hydroxyl groups is 1. The summed E-state index contributed by atoms with van der Waals surface area (Å²) in [5, 5.41) is 13.9. The van der Waals surface area contributed by atoms with Crippen LogP contribution in [0.15, 0.2) is 66.7 Å². The molecule has 0 aliphatic heterocycles. The Morgan fingerprint density at radius 3 is 2.34 bits per heavy atom. The predicted molar refractivity (Wildman–Crippen MR) is 147 cm³/mol. The van der Waals surface area contributed by atoms with Crippen molar-refractivity contribution in [3.8, 4) is 16.9 Å². The van der Waals surface area contributed by atoms with Gasteiger partial charge in [-0.3, -0.25) is 9.59 Å². The van der Waals surface area contributed by atoms with Crippen LogP contribution in [-0.4, -0.2) is 37.3 Å². The summed E-state index contributed by atoms with van der Waals surface area (Å²) in [4.78, 5) is 24.3. The van der Waals surface area contributed by atoms with Gasteiger partial charge in [-0.1, -0.05) is 54.6 Å². The van der Waals surface area contributed by atoms with Gasteiger partial charge in [0.15, 0.2) is 0 Å². The molecule has 3 aromatic rings. The summed E-state index contributed by atoms with van der Waals surface area (Å²) in [6.07, 6.45) is 0.386. The van der Waals surface area contributed by atoms with Gasteiger partial charge in [-0.05, 0) is 60.7 Å². The molecule has 3 rings (SSSR count). The molecule has 0 unspecified atom stereocenters. The van der Waals surface area contributed by atoms with Crippen LogP contribution >= 0.6 is 0 Å². The number of hydrogen-bond donors (Lipinski definition) is 2. The Balaban J connectivity index is 1.76. The number of benzene rings is 3. The summed E-state index contributed by atoms with van der Waals surface area (Å²) in [6, 6.07) is 21.0. The zero-order valence-electron chi connectivity index (χ0n) is 22.6. The van der Waals surface area contributed by atoms with E-state index in [0.29, 0.717) is 25.4 Å². The fourth-order valence-corrected chi connectivity index (χ4v) is 4.06. The molecule has 0 heterocycles. The Morgan fingerprint density at radius 2 is 1.66 bits per heavy atom. The molecular weight excluding hydrogens is 482 g/mol. The number of hydrogen-bond acceptors (Lipinski definition) is 7. The fourth-order valence-electron chi connectivity index (χ4n) is 4.06. The van der Waals surface area contributed by atoms with E-state index in [9.17, 15) is 14.7 Å². The largest absolute Gasteiger partial charge is 0.496 e. The lowest BCUT2D eigenvalue weighted by atomic mass is 9.90. The first-order chi connectivity index (χ1) is 18.2. The SMILES string of the molecule is CCOC(=O)Cc1ccc(OC)c(-c2ccc(C(C)(C)O)cc2CNCCC(=O)OCc2ccccc2)c1. The van der Waals surface area contributed by atoms with Crippen LogP contribution in [0.2, 0.25) is 0 Å². The molecule has 38 heavy (non-hydrogen) atoms. The van der Waals surface area contributed by atoms with E-state index in [1.165, 1.54) is 0 Å². The third-order valence-electron chi connectivity index (χ3n) is 6.08. The van der Waals surface area contributed by atoms with Crippen LogP contribution in [0.1, 0.15) is 49.4 Å². The molecule has 0 radical (unpaired) electrons. The molecular formula is C31H37NO6. The van der Waals surface area contributed by atoms with Gasteiger partial charge < -0.3 is 24.6 Å². The minimum Gasteiger partial charge on any atom is -0.496 e. The topological polar surface area (TPSA) is 94.1 Å². The van der Waals surface area contributed by atoms with E-state index in [4.69, 9.17) is 14.2 Å². The van der Waals surface area contributed by atoms with E-state index in [1.807, 2.05) is 66.7 Å². The normalized spacial score (nSPS) is 11.2. The van der Waals surface area contributed by atoms with Crippen LogP contribution in [-0.2, 0) is 44.2 Å². The van der Waals surface area contributed by atoms with Gasteiger partial charge in [-0.2, -0.15) is 0 Å². The third kappa shape index (κ3) is 8.43. The van der Waals surface area contributed by atoms with Crippen LogP contribution in [0.4, 0.5) is 0 Å². The number of nitrogens with one attached hydrogen (secondary N) is 1. The van der Waals surface area contributed by atoms with Gasteiger partial charge in [-0.25, -0.2) is 0 Å². The van der Waals surface area contributed by atoms with E-state index in [1.54, 1.807) is 27.9 Å². The van der Waals surface area contributed by atoms with E-state index in [-0.39, 0.29) is 31.4 Å². The maximum atomic E-state index is 12.2. The van der Waals surface area contributed by atoms with Crippen molar-refractivity contribution in [1.82, 2.24) is 5.32 Å². The molecule has 0 bridgehead atoms. The Labute approximate surface area is 224 Å². The molecule has 7 heteroatoms.